The number of halogens is 1. The van der Waals surface area contributed by atoms with Gasteiger partial charge in [0.25, 0.3) is 11.6 Å². The van der Waals surface area contributed by atoms with Crippen LogP contribution in [-0.4, -0.2) is 25.3 Å². The Kier molecular flexibility index (Phi) is 4.51. The van der Waals surface area contributed by atoms with E-state index in [4.69, 9.17) is 11.2 Å². The van der Waals surface area contributed by atoms with Crippen molar-refractivity contribution in [3.05, 3.63) is 55.1 Å². The van der Waals surface area contributed by atoms with Crippen LogP contribution >= 0.6 is 15.9 Å². The van der Waals surface area contributed by atoms with Crippen molar-refractivity contribution in [1.29, 1.82) is 0 Å². The summed E-state index contributed by atoms with van der Waals surface area (Å²) in [4.78, 5) is 29.1. The van der Waals surface area contributed by atoms with Gasteiger partial charge in [0.1, 0.15) is 0 Å². The minimum absolute atomic E-state index is 0.0118. The zero-order valence-electron chi connectivity index (χ0n) is 13.7. The fraction of sp³-hybridized carbons (Fsp3) is 0.235. The van der Waals surface area contributed by atoms with Gasteiger partial charge in [-0.05, 0) is 17.7 Å². The standard InChI is InChI=1S/C17H15BrN4O3/c1-4-9-25-16-19-14-13(15(23)21(3)17(24)20(14)2)22(16)10-11-5-7-12(18)8-6-11/h1,5-8H,9-10H2,2-3H3. The molecule has 7 nitrogen and oxygen atoms in total. The molecular weight excluding hydrogens is 388 g/mol. The van der Waals surface area contributed by atoms with E-state index in [9.17, 15) is 9.59 Å². The van der Waals surface area contributed by atoms with E-state index in [1.54, 1.807) is 11.6 Å². The van der Waals surface area contributed by atoms with Crippen LogP contribution in [-0.2, 0) is 20.6 Å². The molecule has 128 valence electrons. The van der Waals surface area contributed by atoms with Crippen molar-refractivity contribution < 1.29 is 4.74 Å². The van der Waals surface area contributed by atoms with E-state index in [2.05, 4.69) is 26.8 Å². The summed E-state index contributed by atoms with van der Waals surface area (Å²) in [6.45, 7) is 0.370. The molecule has 0 N–H and O–H groups in total. The third-order valence-corrected chi connectivity index (χ3v) is 4.38. The molecule has 0 radical (unpaired) electrons. The Labute approximate surface area is 151 Å². The third-order valence-electron chi connectivity index (χ3n) is 3.85. The smallest absolute Gasteiger partial charge is 0.332 e. The molecule has 0 amide bonds. The van der Waals surface area contributed by atoms with Crippen LogP contribution in [0, 0.1) is 12.3 Å². The fourth-order valence-corrected chi connectivity index (χ4v) is 2.83. The zero-order chi connectivity index (χ0) is 18.1. The maximum Gasteiger partial charge on any atom is 0.332 e. The quantitative estimate of drug-likeness (QED) is 0.615. The summed E-state index contributed by atoms with van der Waals surface area (Å²) in [5.41, 5.74) is 0.619. The normalized spacial score (nSPS) is 10.8. The van der Waals surface area contributed by atoms with Gasteiger partial charge in [0.15, 0.2) is 17.8 Å². The average molecular weight is 403 g/mol. The number of benzene rings is 1. The van der Waals surface area contributed by atoms with E-state index in [0.29, 0.717) is 12.1 Å². The number of nitrogens with zero attached hydrogens (tertiary/aromatic N) is 4. The molecule has 0 fully saturated rings. The number of aromatic nitrogens is 4. The summed E-state index contributed by atoms with van der Waals surface area (Å²) < 4.78 is 10.5. The van der Waals surface area contributed by atoms with Crippen LogP contribution in [0.25, 0.3) is 11.2 Å². The van der Waals surface area contributed by atoms with Gasteiger partial charge in [-0.15, -0.1) is 6.42 Å². The number of imidazole rings is 1. The van der Waals surface area contributed by atoms with Crippen molar-refractivity contribution in [1.82, 2.24) is 18.7 Å². The highest BCUT2D eigenvalue weighted by Gasteiger charge is 2.20. The summed E-state index contributed by atoms with van der Waals surface area (Å²) in [5.74, 6) is 2.38. The van der Waals surface area contributed by atoms with Gasteiger partial charge in [0.05, 0.1) is 6.54 Å². The van der Waals surface area contributed by atoms with E-state index < -0.39 is 11.2 Å². The van der Waals surface area contributed by atoms with Crippen LogP contribution in [0.2, 0.25) is 0 Å². The predicted octanol–water partition coefficient (Wildman–Crippen LogP) is 1.26. The van der Waals surface area contributed by atoms with Gasteiger partial charge in [-0.25, -0.2) is 4.79 Å². The third kappa shape index (κ3) is 2.98. The number of rotatable bonds is 4. The SMILES string of the molecule is C#CCOc1nc2c(c(=O)n(C)c(=O)n2C)n1Cc1ccc(Br)cc1. The Morgan fingerprint density at radius 3 is 2.52 bits per heavy atom. The molecule has 0 bridgehead atoms. The van der Waals surface area contributed by atoms with Crippen LogP contribution in [0.3, 0.4) is 0 Å². The maximum atomic E-state index is 12.6. The van der Waals surface area contributed by atoms with E-state index in [1.807, 2.05) is 24.3 Å². The fourth-order valence-electron chi connectivity index (χ4n) is 2.56. The molecule has 0 saturated carbocycles. The van der Waals surface area contributed by atoms with Crippen LogP contribution in [0.15, 0.2) is 38.3 Å². The molecule has 0 atom stereocenters. The molecule has 2 heterocycles. The molecule has 0 spiro atoms. The topological polar surface area (TPSA) is 71.1 Å². The van der Waals surface area contributed by atoms with Crippen molar-refractivity contribution in [2.24, 2.45) is 14.1 Å². The van der Waals surface area contributed by atoms with Crippen molar-refractivity contribution in [3.63, 3.8) is 0 Å². The Hall–Kier alpha value is -2.79. The molecule has 0 aliphatic rings. The Morgan fingerprint density at radius 1 is 1.20 bits per heavy atom. The lowest BCUT2D eigenvalue weighted by atomic mass is 10.2. The molecule has 8 heteroatoms. The van der Waals surface area contributed by atoms with Gasteiger partial charge in [-0.3, -0.25) is 18.5 Å². The monoisotopic (exact) mass is 402 g/mol. The minimum Gasteiger partial charge on any atom is -0.451 e. The summed E-state index contributed by atoms with van der Waals surface area (Å²) in [6.07, 6.45) is 5.26. The lowest BCUT2D eigenvalue weighted by Crippen LogP contribution is -2.37. The van der Waals surface area contributed by atoms with E-state index in [-0.39, 0.29) is 18.3 Å². The van der Waals surface area contributed by atoms with E-state index >= 15 is 0 Å². The molecule has 3 rings (SSSR count). The van der Waals surface area contributed by atoms with E-state index in [0.717, 1.165) is 14.6 Å². The lowest BCUT2D eigenvalue weighted by molar-refractivity contribution is 0.326. The Balaban J connectivity index is 2.26. The van der Waals surface area contributed by atoms with Gasteiger partial charge < -0.3 is 4.74 Å². The number of fused-ring (bicyclic) bond motifs is 1. The van der Waals surface area contributed by atoms with Crippen molar-refractivity contribution in [3.8, 4) is 18.4 Å². The summed E-state index contributed by atoms with van der Waals surface area (Å²) in [7, 11) is 3.00. The second kappa shape index (κ2) is 6.61. The lowest BCUT2D eigenvalue weighted by Gasteiger charge is -2.09. The zero-order valence-corrected chi connectivity index (χ0v) is 15.3. The molecule has 0 aliphatic heterocycles. The molecule has 1 aromatic carbocycles. The minimum atomic E-state index is -0.450. The number of terminal acetylenes is 1. The van der Waals surface area contributed by atoms with Gasteiger partial charge in [-0.1, -0.05) is 34.0 Å². The summed E-state index contributed by atoms with van der Waals surface area (Å²) in [6, 6.07) is 7.86. The van der Waals surface area contributed by atoms with Crippen LogP contribution < -0.4 is 16.0 Å². The Morgan fingerprint density at radius 2 is 1.88 bits per heavy atom. The second-order valence-corrected chi connectivity index (χ2v) is 6.39. The van der Waals surface area contributed by atoms with Crippen molar-refractivity contribution in [2.75, 3.05) is 6.61 Å². The van der Waals surface area contributed by atoms with Crippen LogP contribution in [0.4, 0.5) is 0 Å². The first-order chi connectivity index (χ1) is 11.9. The molecule has 2 aromatic heterocycles. The molecule has 25 heavy (non-hydrogen) atoms. The summed E-state index contributed by atoms with van der Waals surface area (Å²) >= 11 is 3.39. The van der Waals surface area contributed by atoms with Gasteiger partial charge in [-0.2, -0.15) is 4.98 Å². The number of ether oxygens (including phenoxy) is 1. The van der Waals surface area contributed by atoms with Gasteiger partial charge in [0.2, 0.25) is 0 Å². The van der Waals surface area contributed by atoms with Crippen molar-refractivity contribution in [2.45, 2.75) is 6.54 Å². The number of hydrogen-bond donors (Lipinski definition) is 0. The highest BCUT2D eigenvalue weighted by atomic mass is 79.9. The second-order valence-electron chi connectivity index (χ2n) is 5.48. The first-order valence-electron chi connectivity index (χ1n) is 7.41. The van der Waals surface area contributed by atoms with Crippen molar-refractivity contribution >= 4 is 27.1 Å². The van der Waals surface area contributed by atoms with Crippen LogP contribution in [0.5, 0.6) is 6.01 Å². The summed E-state index contributed by atoms with van der Waals surface area (Å²) in [5, 5.41) is 0. The molecule has 0 unspecified atom stereocenters. The van der Waals surface area contributed by atoms with Gasteiger partial charge in [0, 0.05) is 18.6 Å². The largest absolute Gasteiger partial charge is 0.451 e. The average Bonchev–Trinajstić information content (AvgIpc) is 2.96. The number of aryl methyl sites for hydroxylation is 1. The van der Waals surface area contributed by atoms with E-state index in [1.165, 1.54) is 11.6 Å². The highest BCUT2D eigenvalue weighted by Crippen LogP contribution is 2.20. The molecular formula is C17H15BrN4O3. The maximum absolute atomic E-state index is 12.6. The van der Waals surface area contributed by atoms with Gasteiger partial charge >= 0.3 is 5.69 Å². The first-order valence-corrected chi connectivity index (χ1v) is 8.20. The Bertz CT molecular complexity index is 1100. The van der Waals surface area contributed by atoms with Crippen LogP contribution in [0.1, 0.15) is 5.56 Å². The highest BCUT2D eigenvalue weighted by molar-refractivity contribution is 9.10. The molecule has 0 aliphatic carbocycles. The number of hydrogen-bond acceptors (Lipinski definition) is 4. The first kappa shape index (κ1) is 17.0. The predicted molar refractivity (Wildman–Crippen MR) is 97.8 cm³/mol. The molecule has 3 aromatic rings. The molecule has 0 saturated heterocycles.